The molecule has 2 rings (SSSR count). The van der Waals surface area contributed by atoms with E-state index in [-0.39, 0.29) is 5.57 Å². The molecule has 1 N–H and O–H groups in total. The van der Waals surface area contributed by atoms with Gasteiger partial charge in [0.2, 0.25) is 0 Å². The van der Waals surface area contributed by atoms with Gasteiger partial charge >= 0.3 is 0 Å². The number of hydrogen-bond acceptors (Lipinski definition) is 4. The second-order valence-electron chi connectivity index (χ2n) is 4.96. The largest absolute Gasteiger partial charge is 0.497 e. The third kappa shape index (κ3) is 4.37. The molecule has 0 bridgehead atoms. The van der Waals surface area contributed by atoms with Crippen LogP contribution >= 0.6 is 0 Å². The van der Waals surface area contributed by atoms with Gasteiger partial charge in [0.1, 0.15) is 17.4 Å². The highest BCUT2D eigenvalue weighted by atomic mass is 16.5. The van der Waals surface area contributed by atoms with Gasteiger partial charge < -0.3 is 15.0 Å². The van der Waals surface area contributed by atoms with Crippen molar-refractivity contribution in [1.29, 1.82) is 5.26 Å². The van der Waals surface area contributed by atoms with Gasteiger partial charge in [-0.25, -0.2) is 0 Å². The molecule has 0 aliphatic carbocycles. The topological polar surface area (TPSA) is 65.4 Å². The fraction of sp³-hybridized carbons (Fsp3) is 0.158. The van der Waals surface area contributed by atoms with Gasteiger partial charge in [0.15, 0.2) is 0 Å². The average molecular weight is 321 g/mol. The number of benzene rings is 2. The van der Waals surface area contributed by atoms with Gasteiger partial charge in [-0.1, -0.05) is 18.2 Å². The van der Waals surface area contributed by atoms with Crippen LogP contribution in [-0.4, -0.2) is 19.6 Å². The molecule has 5 heteroatoms. The summed E-state index contributed by atoms with van der Waals surface area (Å²) >= 11 is 0. The van der Waals surface area contributed by atoms with E-state index in [0.717, 1.165) is 5.69 Å². The van der Waals surface area contributed by atoms with E-state index >= 15 is 0 Å². The minimum absolute atomic E-state index is 0.0384. The lowest BCUT2D eigenvalue weighted by Crippen LogP contribution is -2.20. The average Bonchev–Trinajstić information content (AvgIpc) is 2.64. The smallest absolute Gasteiger partial charge is 0.267 e. The van der Waals surface area contributed by atoms with E-state index in [1.807, 2.05) is 48.2 Å². The van der Waals surface area contributed by atoms with Gasteiger partial charge in [-0.3, -0.25) is 4.79 Å². The summed E-state index contributed by atoms with van der Waals surface area (Å²) < 4.78 is 5.08. The lowest BCUT2D eigenvalue weighted by molar-refractivity contribution is -0.112. The van der Waals surface area contributed by atoms with Crippen molar-refractivity contribution in [3.05, 3.63) is 66.4 Å². The van der Waals surface area contributed by atoms with E-state index in [1.54, 1.807) is 37.6 Å². The summed E-state index contributed by atoms with van der Waals surface area (Å²) in [4.78, 5) is 14.2. The Morgan fingerprint density at radius 2 is 1.88 bits per heavy atom. The maximum absolute atomic E-state index is 12.3. The first-order valence-electron chi connectivity index (χ1n) is 7.57. The SMILES string of the molecule is CCN(/C=C(/C#N)C(=O)Nc1ccc(OC)cc1)c1ccccc1. The summed E-state index contributed by atoms with van der Waals surface area (Å²) in [5, 5.41) is 12.0. The fourth-order valence-corrected chi connectivity index (χ4v) is 2.13. The number of ether oxygens (including phenoxy) is 1. The molecular formula is C19H19N3O2. The third-order valence-electron chi connectivity index (χ3n) is 3.43. The molecule has 0 radical (unpaired) electrons. The number of carbonyl (C=O) groups excluding carboxylic acids is 1. The zero-order valence-electron chi connectivity index (χ0n) is 13.7. The first-order valence-corrected chi connectivity index (χ1v) is 7.57. The van der Waals surface area contributed by atoms with Gasteiger partial charge in [-0.2, -0.15) is 5.26 Å². The lowest BCUT2D eigenvalue weighted by Gasteiger charge is -2.18. The van der Waals surface area contributed by atoms with E-state index in [2.05, 4.69) is 5.32 Å². The van der Waals surface area contributed by atoms with Crippen molar-refractivity contribution in [3.8, 4) is 11.8 Å². The lowest BCUT2D eigenvalue weighted by atomic mass is 10.2. The Hall–Kier alpha value is -3.26. The number of amides is 1. The first kappa shape index (κ1) is 17.1. The van der Waals surface area contributed by atoms with Crippen molar-refractivity contribution in [2.75, 3.05) is 23.9 Å². The zero-order chi connectivity index (χ0) is 17.4. The van der Waals surface area contributed by atoms with Crippen LogP contribution in [0.3, 0.4) is 0 Å². The molecule has 0 aromatic heterocycles. The monoisotopic (exact) mass is 321 g/mol. The predicted octanol–water partition coefficient (Wildman–Crippen LogP) is 3.57. The number of methoxy groups -OCH3 is 1. The maximum Gasteiger partial charge on any atom is 0.267 e. The van der Waals surface area contributed by atoms with E-state index in [0.29, 0.717) is 18.0 Å². The van der Waals surface area contributed by atoms with Crippen LogP contribution in [0.5, 0.6) is 5.75 Å². The van der Waals surface area contributed by atoms with E-state index in [9.17, 15) is 10.1 Å². The normalized spacial score (nSPS) is 10.6. The summed E-state index contributed by atoms with van der Waals surface area (Å²) in [5.74, 6) is 0.252. The summed E-state index contributed by atoms with van der Waals surface area (Å²) in [6, 6.07) is 18.5. The van der Waals surface area contributed by atoms with Crippen LogP contribution in [0, 0.1) is 11.3 Å². The number of para-hydroxylation sites is 1. The molecule has 0 unspecified atom stereocenters. The van der Waals surface area contributed by atoms with E-state index in [1.165, 1.54) is 0 Å². The number of rotatable bonds is 6. The Bertz CT molecular complexity index is 746. The van der Waals surface area contributed by atoms with Crippen molar-refractivity contribution >= 4 is 17.3 Å². The van der Waals surface area contributed by atoms with Crippen LogP contribution in [0.15, 0.2) is 66.4 Å². The van der Waals surface area contributed by atoms with Crippen molar-refractivity contribution in [1.82, 2.24) is 0 Å². The van der Waals surface area contributed by atoms with Gasteiger partial charge in [0.25, 0.3) is 5.91 Å². The van der Waals surface area contributed by atoms with Crippen molar-refractivity contribution in [2.24, 2.45) is 0 Å². The molecule has 0 atom stereocenters. The molecule has 2 aromatic rings. The minimum Gasteiger partial charge on any atom is -0.497 e. The Morgan fingerprint density at radius 1 is 1.21 bits per heavy atom. The molecule has 0 saturated heterocycles. The Morgan fingerprint density at radius 3 is 2.42 bits per heavy atom. The van der Waals surface area contributed by atoms with Crippen LogP contribution in [0.2, 0.25) is 0 Å². The maximum atomic E-state index is 12.3. The fourth-order valence-electron chi connectivity index (χ4n) is 2.13. The number of nitriles is 1. The van der Waals surface area contributed by atoms with Gasteiger partial charge in [0, 0.05) is 24.1 Å². The van der Waals surface area contributed by atoms with E-state index < -0.39 is 5.91 Å². The molecule has 1 amide bonds. The molecule has 24 heavy (non-hydrogen) atoms. The minimum atomic E-state index is -0.447. The Balaban J connectivity index is 2.16. The second kappa shape index (κ2) is 8.39. The molecule has 0 aliphatic rings. The van der Waals surface area contributed by atoms with Crippen molar-refractivity contribution in [2.45, 2.75) is 6.92 Å². The number of carbonyl (C=O) groups is 1. The zero-order valence-corrected chi connectivity index (χ0v) is 13.7. The summed E-state index contributed by atoms with van der Waals surface area (Å²) in [7, 11) is 1.58. The molecule has 0 aliphatic heterocycles. The third-order valence-corrected chi connectivity index (χ3v) is 3.43. The van der Waals surface area contributed by atoms with Crippen LogP contribution in [0.4, 0.5) is 11.4 Å². The molecule has 0 saturated carbocycles. The molecule has 2 aromatic carbocycles. The molecular weight excluding hydrogens is 302 g/mol. The van der Waals surface area contributed by atoms with Crippen LogP contribution in [0.1, 0.15) is 6.92 Å². The second-order valence-corrected chi connectivity index (χ2v) is 4.96. The van der Waals surface area contributed by atoms with Gasteiger partial charge in [-0.05, 0) is 43.3 Å². The molecule has 0 fully saturated rings. The number of nitrogens with zero attached hydrogens (tertiary/aromatic N) is 2. The van der Waals surface area contributed by atoms with E-state index in [4.69, 9.17) is 4.74 Å². The summed E-state index contributed by atoms with van der Waals surface area (Å²) in [5.41, 5.74) is 1.56. The molecule has 0 heterocycles. The van der Waals surface area contributed by atoms with Crippen molar-refractivity contribution < 1.29 is 9.53 Å². The quantitative estimate of drug-likeness (QED) is 0.652. The number of hydrogen-bond donors (Lipinski definition) is 1. The Labute approximate surface area is 141 Å². The van der Waals surface area contributed by atoms with Gasteiger partial charge in [-0.15, -0.1) is 0 Å². The van der Waals surface area contributed by atoms with Crippen LogP contribution in [0.25, 0.3) is 0 Å². The Kier molecular flexibility index (Phi) is 5.98. The summed E-state index contributed by atoms with van der Waals surface area (Å²) in [6.45, 7) is 2.60. The highest BCUT2D eigenvalue weighted by molar-refractivity contribution is 6.06. The molecule has 5 nitrogen and oxygen atoms in total. The predicted molar refractivity (Wildman–Crippen MR) is 94.8 cm³/mol. The highest BCUT2D eigenvalue weighted by Crippen LogP contribution is 2.17. The highest BCUT2D eigenvalue weighted by Gasteiger charge is 2.12. The van der Waals surface area contributed by atoms with Crippen LogP contribution in [-0.2, 0) is 4.79 Å². The number of anilines is 2. The number of nitrogens with one attached hydrogen (secondary N) is 1. The summed E-state index contributed by atoms with van der Waals surface area (Å²) in [6.07, 6.45) is 1.56. The molecule has 122 valence electrons. The standard InChI is InChI=1S/C19H19N3O2/c1-3-22(17-7-5-4-6-8-17)14-15(13-20)19(23)21-16-9-11-18(24-2)12-10-16/h4-12,14H,3H2,1-2H3,(H,21,23)/b15-14-. The molecule has 0 spiro atoms. The van der Waals surface area contributed by atoms with Crippen molar-refractivity contribution in [3.63, 3.8) is 0 Å². The first-order chi connectivity index (χ1) is 11.7. The van der Waals surface area contributed by atoms with Crippen LogP contribution < -0.4 is 15.0 Å². The van der Waals surface area contributed by atoms with Gasteiger partial charge in [0.05, 0.1) is 7.11 Å².